The van der Waals surface area contributed by atoms with Gasteiger partial charge in [0.1, 0.15) is 12.0 Å². The van der Waals surface area contributed by atoms with Crippen LogP contribution >= 0.6 is 0 Å². The molecule has 0 amide bonds. The molecule has 0 aromatic heterocycles. The van der Waals surface area contributed by atoms with Crippen molar-refractivity contribution in [3.05, 3.63) is 0 Å². The Labute approximate surface area is 76.4 Å². The summed E-state index contributed by atoms with van der Waals surface area (Å²) in [6.45, 7) is 0. The molecule has 0 saturated carbocycles. The number of ketones is 1. The van der Waals surface area contributed by atoms with E-state index in [4.69, 9.17) is 10.2 Å². The second-order valence-corrected chi connectivity index (χ2v) is 2.23. The van der Waals surface area contributed by atoms with Crippen LogP contribution in [0.1, 0.15) is 0 Å². The van der Waals surface area contributed by atoms with Gasteiger partial charge in [-0.2, -0.15) is 0 Å². The van der Waals surface area contributed by atoms with Crippen molar-refractivity contribution in [2.75, 3.05) is 0 Å². The second kappa shape index (κ2) is 4.33. The Kier molecular flexibility index (Phi) is 3.72. The molecule has 78 valence electrons. The summed E-state index contributed by atoms with van der Waals surface area (Å²) in [5.41, 5.74) is 0. The van der Waals surface area contributed by atoms with Crippen molar-refractivity contribution < 1.29 is 39.6 Å². The molecule has 0 saturated heterocycles. The van der Waals surface area contributed by atoms with Gasteiger partial charge < -0.3 is 30.0 Å². The third-order valence-corrected chi connectivity index (χ3v) is 1.30. The molecule has 0 aromatic rings. The Morgan fingerprint density at radius 1 is 1.00 bits per heavy atom. The van der Waals surface area contributed by atoms with Crippen LogP contribution in [0.2, 0.25) is 0 Å². The van der Waals surface area contributed by atoms with E-state index in [0.29, 0.717) is 0 Å². The number of aliphatic hydroxyl groups is 1. The van der Waals surface area contributed by atoms with E-state index in [9.17, 15) is 29.4 Å². The van der Waals surface area contributed by atoms with E-state index in [2.05, 4.69) is 0 Å². The molecule has 0 aliphatic rings. The largest absolute Gasteiger partial charge is 0.549 e. The number of hydrogen-bond donors (Lipinski definition) is 2. The molecular formula is C6H4O8-2. The SMILES string of the molecule is O=C(O)C(=O)C(C(=O)[O-])C(O)C(=O)[O-]. The minimum absolute atomic E-state index is 1.98. The Bertz CT molecular complexity index is 292. The summed E-state index contributed by atoms with van der Waals surface area (Å²) in [6, 6.07) is 0. The molecule has 2 atom stereocenters. The van der Waals surface area contributed by atoms with E-state index in [-0.39, 0.29) is 0 Å². The van der Waals surface area contributed by atoms with Crippen LogP contribution in [-0.2, 0) is 19.2 Å². The predicted molar refractivity (Wildman–Crippen MR) is 32.2 cm³/mol. The summed E-state index contributed by atoms with van der Waals surface area (Å²) in [4.78, 5) is 40.7. The van der Waals surface area contributed by atoms with E-state index in [1.165, 1.54) is 0 Å². The van der Waals surface area contributed by atoms with Gasteiger partial charge in [-0.05, 0) is 0 Å². The quantitative estimate of drug-likeness (QED) is 0.333. The molecule has 0 bridgehead atoms. The molecule has 14 heavy (non-hydrogen) atoms. The highest BCUT2D eigenvalue weighted by Crippen LogP contribution is 2.04. The molecule has 0 rings (SSSR count). The lowest BCUT2D eigenvalue weighted by Gasteiger charge is -2.21. The normalized spacial score (nSPS) is 14.1. The van der Waals surface area contributed by atoms with Crippen molar-refractivity contribution in [1.29, 1.82) is 0 Å². The standard InChI is InChI=1S/C6H6O8/c7-2(5(11)12)1(4(9)10)3(8)6(13)14/h1-2,7H,(H,9,10)(H,11,12)(H,13,14)/p-2. The van der Waals surface area contributed by atoms with Gasteiger partial charge in [0.25, 0.3) is 5.78 Å². The van der Waals surface area contributed by atoms with Crippen molar-refractivity contribution in [3.8, 4) is 0 Å². The van der Waals surface area contributed by atoms with Crippen LogP contribution in [0.15, 0.2) is 0 Å². The van der Waals surface area contributed by atoms with E-state index >= 15 is 0 Å². The first-order chi connectivity index (χ1) is 6.29. The maximum Gasteiger partial charge on any atom is 0.372 e. The first kappa shape index (κ1) is 12.0. The summed E-state index contributed by atoms with van der Waals surface area (Å²) in [5, 5.41) is 36.8. The molecule has 0 aliphatic carbocycles. The van der Waals surface area contributed by atoms with E-state index in [0.717, 1.165) is 0 Å². The van der Waals surface area contributed by atoms with Crippen molar-refractivity contribution in [2.24, 2.45) is 5.92 Å². The van der Waals surface area contributed by atoms with E-state index < -0.39 is 35.7 Å². The lowest BCUT2D eigenvalue weighted by atomic mass is 9.97. The number of aliphatic carboxylic acids is 3. The fraction of sp³-hybridized carbons (Fsp3) is 0.333. The molecule has 0 heterocycles. The van der Waals surface area contributed by atoms with Crippen LogP contribution in [-0.4, -0.2) is 40.0 Å². The number of carboxylic acids is 3. The van der Waals surface area contributed by atoms with Gasteiger partial charge in [0.2, 0.25) is 0 Å². The third kappa shape index (κ3) is 2.52. The minimum Gasteiger partial charge on any atom is -0.549 e. The Morgan fingerprint density at radius 2 is 1.43 bits per heavy atom. The van der Waals surface area contributed by atoms with Gasteiger partial charge in [0.15, 0.2) is 0 Å². The predicted octanol–water partition coefficient (Wildman–Crippen LogP) is -4.88. The zero-order chi connectivity index (χ0) is 11.5. The number of rotatable bonds is 5. The van der Waals surface area contributed by atoms with Gasteiger partial charge in [0.05, 0.1) is 11.9 Å². The number of carbonyl (C=O) groups excluding carboxylic acids is 3. The summed E-state index contributed by atoms with van der Waals surface area (Å²) >= 11 is 0. The van der Waals surface area contributed by atoms with Crippen LogP contribution in [0, 0.1) is 5.92 Å². The zero-order valence-electron chi connectivity index (χ0n) is 6.50. The second-order valence-electron chi connectivity index (χ2n) is 2.23. The lowest BCUT2D eigenvalue weighted by Crippen LogP contribution is -2.52. The highest BCUT2D eigenvalue weighted by atomic mass is 16.4. The molecule has 0 spiro atoms. The summed E-state index contributed by atoms with van der Waals surface area (Å²) in [6.07, 6.45) is -2.75. The van der Waals surface area contributed by atoms with Gasteiger partial charge in [-0.25, -0.2) is 4.79 Å². The molecular weight excluding hydrogens is 200 g/mol. The minimum atomic E-state index is -2.75. The molecule has 0 aromatic carbocycles. The summed E-state index contributed by atoms with van der Waals surface area (Å²) < 4.78 is 0. The van der Waals surface area contributed by atoms with Crippen LogP contribution in [0.5, 0.6) is 0 Å². The third-order valence-electron chi connectivity index (χ3n) is 1.30. The monoisotopic (exact) mass is 204 g/mol. The maximum atomic E-state index is 10.6. The van der Waals surface area contributed by atoms with Crippen molar-refractivity contribution in [2.45, 2.75) is 6.10 Å². The average Bonchev–Trinajstić information content (AvgIpc) is 2.03. The molecule has 0 aliphatic heterocycles. The number of aliphatic hydroxyl groups excluding tert-OH is 1. The van der Waals surface area contributed by atoms with Crippen LogP contribution in [0.25, 0.3) is 0 Å². The van der Waals surface area contributed by atoms with Crippen molar-refractivity contribution in [3.63, 3.8) is 0 Å². The Hall–Kier alpha value is -1.96. The number of carbonyl (C=O) groups is 4. The van der Waals surface area contributed by atoms with Crippen LogP contribution in [0.3, 0.4) is 0 Å². The number of carboxylic acid groups (broad SMARTS) is 3. The highest BCUT2D eigenvalue weighted by molar-refractivity contribution is 6.37. The highest BCUT2D eigenvalue weighted by Gasteiger charge is 2.33. The van der Waals surface area contributed by atoms with Gasteiger partial charge in [0, 0.05) is 0 Å². The molecule has 8 nitrogen and oxygen atoms in total. The van der Waals surface area contributed by atoms with Crippen molar-refractivity contribution >= 4 is 23.7 Å². The van der Waals surface area contributed by atoms with Gasteiger partial charge in [-0.1, -0.05) is 0 Å². The Balaban J connectivity index is 4.96. The zero-order valence-corrected chi connectivity index (χ0v) is 6.50. The average molecular weight is 204 g/mol. The fourth-order valence-electron chi connectivity index (χ4n) is 0.648. The maximum absolute atomic E-state index is 10.6. The smallest absolute Gasteiger partial charge is 0.372 e. The lowest BCUT2D eigenvalue weighted by molar-refractivity contribution is -0.328. The summed E-state index contributed by atoms with van der Waals surface area (Å²) in [5.74, 6) is -11.4. The summed E-state index contributed by atoms with van der Waals surface area (Å²) in [7, 11) is 0. The van der Waals surface area contributed by atoms with Crippen molar-refractivity contribution in [1.82, 2.24) is 0 Å². The molecule has 0 radical (unpaired) electrons. The number of hydrogen-bond acceptors (Lipinski definition) is 7. The molecule has 2 unspecified atom stereocenters. The molecule has 0 fully saturated rings. The first-order valence-electron chi connectivity index (χ1n) is 3.16. The number of Topliss-reactive ketones (excluding diaryl/α,β-unsaturated/α-hetero) is 1. The van der Waals surface area contributed by atoms with Gasteiger partial charge in [-0.15, -0.1) is 0 Å². The topological polar surface area (TPSA) is 155 Å². The molecule has 2 N–H and O–H groups in total. The van der Waals surface area contributed by atoms with Gasteiger partial charge >= 0.3 is 5.97 Å². The molecule has 8 heteroatoms. The van der Waals surface area contributed by atoms with Gasteiger partial charge in [-0.3, -0.25) is 4.79 Å². The van der Waals surface area contributed by atoms with Crippen LogP contribution < -0.4 is 10.2 Å². The van der Waals surface area contributed by atoms with Crippen LogP contribution in [0.4, 0.5) is 0 Å². The van der Waals surface area contributed by atoms with E-state index in [1.807, 2.05) is 0 Å². The first-order valence-corrected chi connectivity index (χ1v) is 3.16. The fourth-order valence-corrected chi connectivity index (χ4v) is 0.648. The van der Waals surface area contributed by atoms with E-state index in [1.54, 1.807) is 0 Å². The Morgan fingerprint density at radius 3 is 1.64 bits per heavy atom.